The first kappa shape index (κ1) is 12.9. The van der Waals surface area contributed by atoms with Crippen LogP contribution in [-0.4, -0.2) is 5.71 Å². The molecule has 0 aromatic rings. The molecule has 0 heterocycles. The minimum absolute atomic E-state index is 0.548. The zero-order valence-corrected chi connectivity index (χ0v) is 9.37. The Morgan fingerprint density at radius 2 is 2.07 bits per heavy atom. The van der Waals surface area contributed by atoms with Crippen molar-refractivity contribution >= 4 is 5.71 Å². The van der Waals surface area contributed by atoms with E-state index in [4.69, 9.17) is 0 Å². The highest BCUT2D eigenvalue weighted by Crippen LogP contribution is 2.14. The summed E-state index contributed by atoms with van der Waals surface area (Å²) >= 11 is 0. The van der Waals surface area contributed by atoms with Gasteiger partial charge in [-0.2, -0.15) is 0 Å². The summed E-state index contributed by atoms with van der Waals surface area (Å²) in [5.41, 5.74) is 1.09. The molecule has 1 heteroatoms. The van der Waals surface area contributed by atoms with Crippen LogP contribution in [0.3, 0.4) is 0 Å². The van der Waals surface area contributed by atoms with Gasteiger partial charge in [-0.3, -0.25) is 4.99 Å². The Morgan fingerprint density at radius 1 is 1.36 bits per heavy atom. The van der Waals surface area contributed by atoms with E-state index in [9.17, 15) is 0 Å². The molecule has 0 aromatic carbocycles. The predicted octanol–water partition coefficient (Wildman–Crippen LogP) is 4.14. The van der Waals surface area contributed by atoms with Gasteiger partial charge in [-0.1, -0.05) is 39.5 Å². The van der Waals surface area contributed by atoms with Crippen LogP contribution in [0, 0.1) is 5.92 Å². The van der Waals surface area contributed by atoms with Gasteiger partial charge in [0.1, 0.15) is 0 Å². The molecule has 0 aliphatic heterocycles. The summed E-state index contributed by atoms with van der Waals surface area (Å²) in [7, 11) is 0. The molecule has 0 radical (unpaired) electrons. The maximum Gasteiger partial charge on any atom is 0.0428 e. The van der Waals surface area contributed by atoms with Crippen molar-refractivity contribution < 1.29 is 0 Å². The standard InChI is InChI=1S/C13H21N/c1-5-9-11-14-13(8-4)12(7-3)10-6-2/h5,8-9,11-12H,1,4,6-7,10H2,2-3H3/b11-9-,14-13?. The first-order valence-electron chi connectivity index (χ1n) is 5.27. The van der Waals surface area contributed by atoms with Crippen LogP contribution in [-0.2, 0) is 0 Å². The molecule has 1 nitrogen and oxygen atoms in total. The molecule has 0 amide bonds. The molecule has 0 aliphatic rings. The third-order valence-corrected chi connectivity index (χ3v) is 2.20. The zero-order chi connectivity index (χ0) is 10.8. The average Bonchev–Trinajstić information content (AvgIpc) is 2.22. The van der Waals surface area contributed by atoms with Crippen LogP contribution in [0.4, 0.5) is 0 Å². The highest BCUT2D eigenvalue weighted by atomic mass is 14.7. The van der Waals surface area contributed by atoms with Crippen LogP contribution >= 0.6 is 0 Å². The van der Waals surface area contributed by atoms with Crippen molar-refractivity contribution in [3.8, 4) is 0 Å². The predicted molar refractivity (Wildman–Crippen MR) is 65.7 cm³/mol. The van der Waals surface area contributed by atoms with Crippen LogP contribution in [0.15, 0.2) is 42.6 Å². The van der Waals surface area contributed by atoms with E-state index in [1.54, 1.807) is 12.3 Å². The maximum atomic E-state index is 4.37. The molecule has 0 aliphatic carbocycles. The van der Waals surface area contributed by atoms with Gasteiger partial charge in [0.15, 0.2) is 0 Å². The van der Waals surface area contributed by atoms with Crippen molar-refractivity contribution in [2.24, 2.45) is 10.9 Å². The summed E-state index contributed by atoms with van der Waals surface area (Å²) < 4.78 is 0. The number of hydrogen-bond donors (Lipinski definition) is 0. The van der Waals surface area contributed by atoms with Gasteiger partial charge in [-0.25, -0.2) is 0 Å². The Bertz CT molecular complexity index is 223. The maximum absolute atomic E-state index is 4.37. The lowest BCUT2D eigenvalue weighted by Gasteiger charge is -2.12. The molecular formula is C13H21N. The zero-order valence-electron chi connectivity index (χ0n) is 9.37. The van der Waals surface area contributed by atoms with E-state index in [2.05, 4.69) is 32.0 Å². The summed E-state index contributed by atoms with van der Waals surface area (Å²) in [5, 5.41) is 0. The number of allylic oxidation sites excluding steroid dienone is 3. The molecule has 0 saturated heterocycles. The lowest BCUT2D eigenvalue weighted by atomic mass is 9.95. The second-order valence-electron chi connectivity index (χ2n) is 3.23. The Morgan fingerprint density at radius 3 is 2.50 bits per heavy atom. The Hall–Kier alpha value is -1.11. The van der Waals surface area contributed by atoms with Crippen molar-refractivity contribution in [3.63, 3.8) is 0 Å². The molecule has 0 rings (SSSR count). The average molecular weight is 191 g/mol. The van der Waals surface area contributed by atoms with E-state index in [0.29, 0.717) is 5.92 Å². The Kier molecular flexibility index (Phi) is 7.81. The fourth-order valence-corrected chi connectivity index (χ4v) is 1.42. The van der Waals surface area contributed by atoms with E-state index in [-0.39, 0.29) is 0 Å². The SMILES string of the molecule is C=C/C=C\N=C(C=C)C(CC)CCC. The lowest BCUT2D eigenvalue weighted by Crippen LogP contribution is -2.10. The largest absolute Gasteiger partial charge is 0.261 e. The monoisotopic (exact) mass is 191 g/mol. The normalized spacial score (nSPS) is 14.3. The van der Waals surface area contributed by atoms with Gasteiger partial charge in [0.25, 0.3) is 0 Å². The Labute approximate surface area is 87.9 Å². The van der Waals surface area contributed by atoms with E-state index in [1.807, 2.05) is 12.2 Å². The van der Waals surface area contributed by atoms with Crippen molar-refractivity contribution in [3.05, 3.63) is 37.6 Å². The third kappa shape index (κ3) is 4.80. The number of aliphatic imine (C=N–C) groups is 1. The number of rotatable bonds is 7. The lowest BCUT2D eigenvalue weighted by molar-refractivity contribution is 0.597. The van der Waals surface area contributed by atoms with Crippen molar-refractivity contribution in [1.29, 1.82) is 0 Å². The first-order valence-corrected chi connectivity index (χ1v) is 5.27. The highest BCUT2D eigenvalue weighted by Gasteiger charge is 2.08. The molecule has 78 valence electrons. The van der Waals surface area contributed by atoms with Crippen LogP contribution in [0.2, 0.25) is 0 Å². The summed E-state index contributed by atoms with van der Waals surface area (Å²) in [5.74, 6) is 0.548. The van der Waals surface area contributed by atoms with Crippen molar-refractivity contribution in [2.45, 2.75) is 33.1 Å². The third-order valence-electron chi connectivity index (χ3n) is 2.20. The second-order valence-corrected chi connectivity index (χ2v) is 3.23. The van der Waals surface area contributed by atoms with Crippen LogP contribution < -0.4 is 0 Å². The quantitative estimate of drug-likeness (QED) is 0.423. The van der Waals surface area contributed by atoms with Gasteiger partial charge >= 0.3 is 0 Å². The molecule has 0 N–H and O–H groups in total. The van der Waals surface area contributed by atoms with Gasteiger partial charge < -0.3 is 0 Å². The van der Waals surface area contributed by atoms with Crippen molar-refractivity contribution in [1.82, 2.24) is 0 Å². The molecule has 0 spiro atoms. The van der Waals surface area contributed by atoms with Gasteiger partial charge in [-0.05, 0) is 25.0 Å². The minimum Gasteiger partial charge on any atom is -0.261 e. The Balaban J connectivity index is 4.48. The van der Waals surface area contributed by atoms with E-state index in [0.717, 1.165) is 12.1 Å². The molecule has 0 aromatic heterocycles. The molecule has 0 bridgehead atoms. The first-order chi connectivity index (χ1) is 6.79. The molecule has 0 fully saturated rings. The van der Waals surface area contributed by atoms with Crippen molar-refractivity contribution in [2.75, 3.05) is 0 Å². The summed E-state index contributed by atoms with van der Waals surface area (Å²) in [6, 6.07) is 0. The van der Waals surface area contributed by atoms with Gasteiger partial charge in [0.05, 0.1) is 0 Å². The molecule has 14 heavy (non-hydrogen) atoms. The molecular weight excluding hydrogens is 170 g/mol. The molecule has 1 unspecified atom stereocenters. The van der Waals surface area contributed by atoms with Gasteiger partial charge in [-0.15, -0.1) is 0 Å². The van der Waals surface area contributed by atoms with E-state index >= 15 is 0 Å². The minimum atomic E-state index is 0.548. The van der Waals surface area contributed by atoms with E-state index in [1.165, 1.54) is 12.8 Å². The fourth-order valence-electron chi connectivity index (χ4n) is 1.42. The molecule has 0 saturated carbocycles. The smallest absolute Gasteiger partial charge is 0.0428 e. The summed E-state index contributed by atoms with van der Waals surface area (Å²) in [4.78, 5) is 4.37. The van der Waals surface area contributed by atoms with Crippen LogP contribution in [0.25, 0.3) is 0 Å². The van der Waals surface area contributed by atoms with Gasteiger partial charge in [0.2, 0.25) is 0 Å². The van der Waals surface area contributed by atoms with Crippen LogP contribution in [0.1, 0.15) is 33.1 Å². The topological polar surface area (TPSA) is 12.4 Å². The van der Waals surface area contributed by atoms with Crippen LogP contribution in [0.5, 0.6) is 0 Å². The van der Waals surface area contributed by atoms with Gasteiger partial charge in [0, 0.05) is 17.8 Å². The highest BCUT2D eigenvalue weighted by molar-refractivity contribution is 5.96. The molecule has 1 atom stereocenters. The summed E-state index contributed by atoms with van der Waals surface area (Å²) in [6.07, 6.45) is 10.7. The number of hydrogen-bond acceptors (Lipinski definition) is 1. The second kappa shape index (κ2) is 8.49. The summed E-state index contributed by atoms with van der Waals surface area (Å²) in [6.45, 7) is 11.8. The fraction of sp³-hybridized carbons (Fsp3) is 0.462. The van der Waals surface area contributed by atoms with E-state index < -0.39 is 0 Å². The number of nitrogens with zero attached hydrogens (tertiary/aromatic N) is 1.